The molecule has 1 aromatic rings. The average molecular weight is 274 g/mol. The van der Waals surface area contributed by atoms with E-state index in [1.165, 1.54) is 44.2 Å². The fraction of sp³-hybridized carbons (Fsp3) is 0.667. The van der Waals surface area contributed by atoms with Crippen LogP contribution in [-0.2, 0) is 0 Å². The molecule has 1 aromatic carbocycles. The summed E-state index contributed by atoms with van der Waals surface area (Å²) >= 11 is 0. The highest BCUT2D eigenvalue weighted by atomic mass is 15.1. The maximum absolute atomic E-state index is 6.27. The molecule has 3 unspecified atom stereocenters. The van der Waals surface area contributed by atoms with Crippen LogP contribution in [0.3, 0.4) is 0 Å². The molecule has 0 bridgehead atoms. The van der Waals surface area contributed by atoms with Crippen LogP contribution >= 0.6 is 0 Å². The third-order valence-corrected chi connectivity index (χ3v) is 4.89. The standard InChI is InChI=1S/C18H30N2/c1-15-9-6-7-13-18(15)20(2)14-8-12-17(19)16-10-4-3-5-11-16/h3-5,10-11,15,17-18H,6-9,12-14,19H2,1-2H3. The van der Waals surface area contributed by atoms with Crippen molar-refractivity contribution in [2.24, 2.45) is 11.7 Å². The van der Waals surface area contributed by atoms with Crippen LogP contribution in [0.4, 0.5) is 0 Å². The first-order valence-corrected chi connectivity index (χ1v) is 8.19. The molecule has 112 valence electrons. The molecule has 0 spiro atoms. The average Bonchev–Trinajstić information content (AvgIpc) is 2.48. The van der Waals surface area contributed by atoms with Crippen molar-refractivity contribution in [2.45, 2.75) is 57.5 Å². The summed E-state index contributed by atoms with van der Waals surface area (Å²) in [5.41, 5.74) is 7.53. The molecule has 0 aliphatic heterocycles. The lowest BCUT2D eigenvalue weighted by atomic mass is 9.85. The normalized spacial score (nSPS) is 24.8. The number of rotatable bonds is 6. The fourth-order valence-corrected chi connectivity index (χ4v) is 3.54. The Morgan fingerprint density at radius 3 is 2.60 bits per heavy atom. The van der Waals surface area contributed by atoms with Crippen LogP contribution in [0, 0.1) is 5.92 Å². The molecule has 0 aromatic heterocycles. The molecule has 0 amide bonds. The van der Waals surface area contributed by atoms with Crippen LogP contribution in [0.1, 0.15) is 57.1 Å². The lowest BCUT2D eigenvalue weighted by molar-refractivity contribution is 0.137. The van der Waals surface area contributed by atoms with Crippen LogP contribution in [0.25, 0.3) is 0 Å². The molecule has 1 aliphatic carbocycles. The summed E-state index contributed by atoms with van der Waals surface area (Å²) in [5, 5.41) is 0. The zero-order valence-corrected chi connectivity index (χ0v) is 13.1. The minimum absolute atomic E-state index is 0.188. The highest BCUT2D eigenvalue weighted by Gasteiger charge is 2.24. The van der Waals surface area contributed by atoms with Gasteiger partial charge in [-0.2, -0.15) is 0 Å². The van der Waals surface area contributed by atoms with E-state index in [1.54, 1.807) is 0 Å². The summed E-state index contributed by atoms with van der Waals surface area (Å²) in [5.74, 6) is 0.858. The SMILES string of the molecule is CC1CCCCC1N(C)CCCC(N)c1ccccc1. The van der Waals surface area contributed by atoms with Gasteiger partial charge in [-0.25, -0.2) is 0 Å². The van der Waals surface area contributed by atoms with Gasteiger partial charge >= 0.3 is 0 Å². The van der Waals surface area contributed by atoms with Gasteiger partial charge in [-0.15, -0.1) is 0 Å². The van der Waals surface area contributed by atoms with Gasteiger partial charge in [0.2, 0.25) is 0 Å². The number of benzene rings is 1. The van der Waals surface area contributed by atoms with Gasteiger partial charge < -0.3 is 10.6 Å². The van der Waals surface area contributed by atoms with Gasteiger partial charge in [0, 0.05) is 12.1 Å². The highest BCUT2D eigenvalue weighted by Crippen LogP contribution is 2.27. The van der Waals surface area contributed by atoms with Crippen molar-refractivity contribution in [3.63, 3.8) is 0 Å². The second kappa shape index (κ2) is 7.80. The predicted octanol–water partition coefficient (Wildman–Crippen LogP) is 3.98. The Labute approximate surface area is 124 Å². The van der Waals surface area contributed by atoms with Crippen LogP contribution < -0.4 is 5.73 Å². The Morgan fingerprint density at radius 1 is 1.20 bits per heavy atom. The van der Waals surface area contributed by atoms with Crippen molar-refractivity contribution < 1.29 is 0 Å². The fourth-order valence-electron chi connectivity index (χ4n) is 3.54. The monoisotopic (exact) mass is 274 g/mol. The molecule has 2 heteroatoms. The highest BCUT2D eigenvalue weighted by molar-refractivity contribution is 5.18. The van der Waals surface area contributed by atoms with E-state index in [0.29, 0.717) is 0 Å². The Hall–Kier alpha value is -0.860. The Kier molecular flexibility index (Phi) is 6.06. The van der Waals surface area contributed by atoms with Gasteiger partial charge in [-0.05, 0) is 50.8 Å². The molecule has 0 radical (unpaired) electrons. The van der Waals surface area contributed by atoms with Gasteiger partial charge in [0.1, 0.15) is 0 Å². The van der Waals surface area contributed by atoms with Crippen molar-refractivity contribution in [1.29, 1.82) is 0 Å². The lowest BCUT2D eigenvalue weighted by Gasteiger charge is -2.36. The quantitative estimate of drug-likeness (QED) is 0.850. The minimum Gasteiger partial charge on any atom is -0.324 e. The molecular formula is C18H30N2. The second-order valence-electron chi connectivity index (χ2n) is 6.47. The third kappa shape index (κ3) is 4.32. The minimum atomic E-state index is 0.188. The Balaban J connectivity index is 1.72. The number of hydrogen-bond acceptors (Lipinski definition) is 2. The number of nitrogens with two attached hydrogens (primary N) is 1. The molecule has 20 heavy (non-hydrogen) atoms. The van der Waals surface area contributed by atoms with Gasteiger partial charge in [-0.3, -0.25) is 0 Å². The largest absolute Gasteiger partial charge is 0.324 e. The van der Waals surface area contributed by atoms with E-state index in [9.17, 15) is 0 Å². The zero-order valence-electron chi connectivity index (χ0n) is 13.1. The second-order valence-corrected chi connectivity index (χ2v) is 6.47. The lowest BCUT2D eigenvalue weighted by Crippen LogP contribution is -2.39. The van der Waals surface area contributed by atoms with E-state index < -0.39 is 0 Å². The predicted molar refractivity (Wildman–Crippen MR) is 86.7 cm³/mol. The van der Waals surface area contributed by atoms with E-state index >= 15 is 0 Å². The summed E-state index contributed by atoms with van der Waals surface area (Å²) in [6.45, 7) is 3.59. The molecule has 1 fully saturated rings. The van der Waals surface area contributed by atoms with Crippen molar-refractivity contribution in [3.05, 3.63) is 35.9 Å². The molecule has 0 heterocycles. The van der Waals surface area contributed by atoms with Crippen molar-refractivity contribution in [2.75, 3.05) is 13.6 Å². The zero-order chi connectivity index (χ0) is 14.4. The molecule has 2 nitrogen and oxygen atoms in total. The Bertz CT molecular complexity index is 376. The summed E-state index contributed by atoms with van der Waals surface area (Å²) in [7, 11) is 2.29. The molecule has 3 atom stereocenters. The Morgan fingerprint density at radius 2 is 1.90 bits per heavy atom. The van der Waals surface area contributed by atoms with Crippen LogP contribution in [0.5, 0.6) is 0 Å². The van der Waals surface area contributed by atoms with Crippen molar-refractivity contribution >= 4 is 0 Å². The molecule has 2 N–H and O–H groups in total. The third-order valence-electron chi connectivity index (χ3n) is 4.89. The smallest absolute Gasteiger partial charge is 0.0295 e. The van der Waals surface area contributed by atoms with Crippen molar-refractivity contribution in [3.8, 4) is 0 Å². The van der Waals surface area contributed by atoms with Gasteiger partial charge in [0.25, 0.3) is 0 Å². The van der Waals surface area contributed by atoms with E-state index in [4.69, 9.17) is 5.73 Å². The first kappa shape index (κ1) is 15.5. The molecular weight excluding hydrogens is 244 g/mol. The molecule has 1 saturated carbocycles. The summed E-state index contributed by atoms with van der Waals surface area (Å²) < 4.78 is 0. The van der Waals surface area contributed by atoms with E-state index in [-0.39, 0.29) is 6.04 Å². The molecule has 0 saturated heterocycles. The van der Waals surface area contributed by atoms with Crippen LogP contribution in [0.15, 0.2) is 30.3 Å². The molecule has 2 rings (SSSR count). The maximum Gasteiger partial charge on any atom is 0.0295 e. The van der Waals surface area contributed by atoms with E-state index in [0.717, 1.165) is 18.4 Å². The van der Waals surface area contributed by atoms with Crippen molar-refractivity contribution in [1.82, 2.24) is 4.90 Å². The molecule has 1 aliphatic rings. The topological polar surface area (TPSA) is 29.3 Å². The first-order valence-electron chi connectivity index (χ1n) is 8.19. The number of nitrogens with zero attached hydrogens (tertiary/aromatic N) is 1. The van der Waals surface area contributed by atoms with E-state index in [1.807, 2.05) is 0 Å². The summed E-state index contributed by atoms with van der Waals surface area (Å²) in [6.07, 6.45) is 7.87. The first-order chi connectivity index (χ1) is 9.68. The summed E-state index contributed by atoms with van der Waals surface area (Å²) in [4.78, 5) is 2.57. The van der Waals surface area contributed by atoms with E-state index in [2.05, 4.69) is 49.2 Å². The number of hydrogen-bond donors (Lipinski definition) is 1. The maximum atomic E-state index is 6.27. The van der Waals surface area contributed by atoms with Gasteiger partial charge in [0.05, 0.1) is 0 Å². The summed E-state index contributed by atoms with van der Waals surface area (Å²) in [6, 6.07) is 11.4. The van der Waals surface area contributed by atoms with Crippen LogP contribution in [-0.4, -0.2) is 24.5 Å². The van der Waals surface area contributed by atoms with Crippen LogP contribution in [0.2, 0.25) is 0 Å². The van der Waals surface area contributed by atoms with Gasteiger partial charge in [-0.1, -0.05) is 50.1 Å². The van der Waals surface area contributed by atoms with Gasteiger partial charge in [0.15, 0.2) is 0 Å².